The Labute approximate surface area is 91.1 Å². The molecule has 1 aliphatic rings. The molecule has 2 heteroatoms. The van der Waals surface area contributed by atoms with Crippen molar-refractivity contribution < 1.29 is 5.11 Å². The fourth-order valence-electron chi connectivity index (χ4n) is 2.58. The summed E-state index contributed by atoms with van der Waals surface area (Å²) in [6.45, 7) is 4.25. The molecule has 1 atom stereocenters. The van der Waals surface area contributed by atoms with E-state index in [9.17, 15) is 5.11 Å². The van der Waals surface area contributed by atoms with Crippen LogP contribution in [0.2, 0.25) is 0 Å². The van der Waals surface area contributed by atoms with Crippen LogP contribution >= 0.6 is 0 Å². The number of rotatable bonds is 2. The van der Waals surface area contributed by atoms with Gasteiger partial charge in [0.05, 0.1) is 0 Å². The number of nitrogens with two attached hydrogens (primary N) is 1. The summed E-state index contributed by atoms with van der Waals surface area (Å²) >= 11 is 0. The van der Waals surface area contributed by atoms with Crippen molar-refractivity contribution in [3.05, 3.63) is 28.3 Å². The predicted molar refractivity (Wildman–Crippen MR) is 62.1 cm³/mol. The van der Waals surface area contributed by atoms with E-state index in [0.29, 0.717) is 5.75 Å². The van der Waals surface area contributed by atoms with Gasteiger partial charge in [0.1, 0.15) is 5.75 Å². The van der Waals surface area contributed by atoms with Crippen LogP contribution in [0.5, 0.6) is 5.75 Å². The Morgan fingerprint density at radius 3 is 2.93 bits per heavy atom. The summed E-state index contributed by atoms with van der Waals surface area (Å²) in [6, 6.07) is 2.16. The molecule has 0 unspecified atom stereocenters. The van der Waals surface area contributed by atoms with Gasteiger partial charge in [0, 0.05) is 11.6 Å². The van der Waals surface area contributed by atoms with Crippen molar-refractivity contribution in [2.45, 2.75) is 45.6 Å². The highest BCUT2D eigenvalue weighted by Gasteiger charge is 2.25. The van der Waals surface area contributed by atoms with Gasteiger partial charge in [-0.05, 0) is 42.9 Å². The first-order valence-electron chi connectivity index (χ1n) is 5.75. The van der Waals surface area contributed by atoms with Gasteiger partial charge in [-0.2, -0.15) is 0 Å². The van der Waals surface area contributed by atoms with Gasteiger partial charge in [0.2, 0.25) is 0 Å². The second-order valence-electron chi connectivity index (χ2n) is 4.49. The minimum absolute atomic E-state index is 0.0375. The molecule has 15 heavy (non-hydrogen) atoms. The van der Waals surface area contributed by atoms with E-state index in [-0.39, 0.29) is 6.04 Å². The van der Waals surface area contributed by atoms with Crippen molar-refractivity contribution in [1.82, 2.24) is 0 Å². The van der Waals surface area contributed by atoms with Crippen LogP contribution in [-0.4, -0.2) is 5.11 Å². The van der Waals surface area contributed by atoms with Crippen LogP contribution in [-0.2, 0) is 12.8 Å². The van der Waals surface area contributed by atoms with Crippen molar-refractivity contribution in [2.24, 2.45) is 5.73 Å². The van der Waals surface area contributed by atoms with Crippen LogP contribution in [0.15, 0.2) is 6.07 Å². The van der Waals surface area contributed by atoms with Crippen LogP contribution in [0.3, 0.4) is 0 Å². The molecule has 2 rings (SSSR count). The molecule has 2 nitrogen and oxygen atoms in total. The summed E-state index contributed by atoms with van der Waals surface area (Å²) in [6.07, 6.45) is 3.98. The number of phenols is 1. The summed E-state index contributed by atoms with van der Waals surface area (Å²) < 4.78 is 0. The van der Waals surface area contributed by atoms with Crippen LogP contribution in [0.4, 0.5) is 0 Å². The second kappa shape index (κ2) is 3.86. The molecular weight excluding hydrogens is 186 g/mol. The minimum Gasteiger partial charge on any atom is -0.507 e. The molecule has 0 radical (unpaired) electrons. The van der Waals surface area contributed by atoms with E-state index in [1.165, 1.54) is 11.1 Å². The van der Waals surface area contributed by atoms with Gasteiger partial charge >= 0.3 is 0 Å². The van der Waals surface area contributed by atoms with Crippen LogP contribution in [0, 0.1) is 6.92 Å². The molecule has 1 aromatic carbocycles. The summed E-state index contributed by atoms with van der Waals surface area (Å²) in [5.74, 6) is 0.461. The lowest BCUT2D eigenvalue weighted by Gasteiger charge is -2.14. The van der Waals surface area contributed by atoms with E-state index in [1.807, 2.05) is 0 Å². The van der Waals surface area contributed by atoms with Crippen molar-refractivity contribution in [3.8, 4) is 5.75 Å². The lowest BCUT2D eigenvalue weighted by Crippen LogP contribution is -2.07. The van der Waals surface area contributed by atoms with Gasteiger partial charge in [-0.15, -0.1) is 0 Å². The highest BCUT2D eigenvalue weighted by molar-refractivity contribution is 5.53. The Morgan fingerprint density at radius 1 is 1.53 bits per heavy atom. The Kier molecular flexibility index (Phi) is 2.70. The van der Waals surface area contributed by atoms with Crippen LogP contribution in [0.25, 0.3) is 0 Å². The van der Waals surface area contributed by atoms with Gasteiger partial charge in [-0.25, -0.2) is 0 Å². The van der Waals surface area contributed by atoms with Crippen molar-refractivity contribution >= 4 is 0 Å². The lowest BCUT2D eigenvalue weighted by molar-refractivity contribution is 0.456. The molecule has 1 aromatic rings. The van der Waals surface area contributed by atoms with Crippen LogP contribution in [0.1, 0.15) is 48.1 Å². The largest absolute Gasteiger partial charge is 0.507 e. The molecule has 0 saturated heterocycles. The molecule has 1 aliphatic carbocycles. The van der Waals surface area contributed by atoms with Crippen molar-refractivity contribution in [3.63, 3.8) is 0 Å². The monoisotopic (exact) mass is 205 g/mol. The smallest absolute Gasteiger partial charge is 0.123 e. The first-order valence-corrected chi connectivity index (χ1v) is 5.75. The Balaban J connectivity index is 2.55. The summed E-state index contributed by atoms with van der Waals surface area (Å²) in [7, 11) is 0. The molecule has 0 aromatic heterocycles. The maximum absolute atomic E-state index is 10.2. The van der Waals surface area contributed by atoms with E-state index < -0.39 is 0 Å². The van der Waals surface area contributed by atoms with Gasteiger partial charge in [0.25, 0.3) is 0 Å². The fraction of sp³-hybridized carbons (Fsp3) is 0.538. The number of fused-ring (bicyclic) bond motifs is 1. The molecule has 0 bridgehead atoms. The quantitative estimate of drug-likeness (QED) is 0.779. The maximum Gasteiger partial charge on any atom is 0.123 e. The molecule has 0 amide bonds. The fourth-order valence-corrected chi connectivity index (χ4v) is 2.58. The zero-order chi connectivity index (χ0) is 11.0. The molecule has 3 N–H and O–H groups in total. The standard InChI is InChI=1S/C13H19NO/c1-3-4-9-7-8(2)10-5-6-11(14)12(10)13(9)15/h7,11,15H,3-6,14H2,1-2H3/t11-/m0/s1. The highest BCUT2D eigenvalue weighted by atomic mass is 16.3. The zero-order valence-corrected chi connectivity index (χ0v) is 9.51. The zero-order valence-electron chi connectivity index (χ0n) is 9.51. The summed E-state index contributed by atoms with van der Waals surface area (Å²) in [5.41, 5.74) is 10.7. The third-order valence-electron chi connectivity index (χ3n) is 3.35. The second-order valence-corrected chi connectivity index (χ2v) is 4.49. The topological polar surface area (TPSA) is 46.2 Å². The van der Waals surface area contributed by atoms with Gasteiger partial charge in [-0.1, -0.05) is 19.4 Å². The first kappa shape index (κ1) is 10.5. The van der Waals surface area contributed by atoms with Gasteiger partial charge in [0.15, 0.2) is 0 Å². The van der Waals surface area contributed by atoms with E-state index in [1.54, 1.807) is 0 Å². The molecule has 0 spiro atoms. The van der Waals surface area contributed by atoms with Gasteiger partial charge in [-0.3, -0.25) is 0 Å². The van der Waals surface area contributed by atoms with E-state index in [0.717, 1.165) is 36.8 Å². The van der Waals surface area contributed by atoms with Gasteiger partial charge < -0.3 is 10.8 Å². The van der Waals surface area contributed by atoms with E-state index >= 15 is 0 Å². The number of phenolic OH excluding ortho intramolecular Hbond substituents is 1. The highest BCUT2D eigenvalue weighted by Crippen LogP contribution is 2.40. The SMILES string of the molecule is CCCc1cc(C)c2c(c1O)[C@@H](N)CC2. The number of benzene rings is 1. The Morgan fingerprint density at radius 2 is 2.27 bits per heavy atom. The number of aromatic hydroxyl groups is 1. The molecule has 0 saturated carbocycles. The number of hydrogen-bond donors (Lipinski definition) is 2. The van der Waals surface area contributed by atoms with Crippen molar-refractivity contribution in [2.75, 3.05) is 0 Å². The van der Waals surface area contributed by atoms with Crippen LogP contribution < -0.4 is 5.73 Å². The third-order valence-corrected chi connectivity index (χ3v) is 3.35. The average Bonchev–Trinajstić information content (AvgIpc) is 2.57. The normalized spacial score (nSPS) is 19.3. The number of aryl methyl sites for hydroxylation is 2. The maximum atomic E-state index is 10.2. The Hall–Kier alpha value is -1.02. The first-order chi connectivity index (χ1) is 7.15. The molecule has 0 aliphatic heterocycles. The summed E-state index contributed by atoms with van der Waals surface area (Å²) in [5, 5.41) is 10.2. The molecule has 82 valence electrons. The van der Waals surface area contributed by atoms with E-state index in [4.69, 9.17) is 5.73 Å². The predicted octanol–water partition coefficient (Wildman–Crippen LogP) is 2.60. The van der Waals surface area contributed by atoms with E-state index in [2.05, 4.69) is 19.9 Å². The molecular formula is C13H19NO. The molecule has 0 fully saturated rings. The summed E-state index contributed by atoms with van der Waals surface area (Å²) in [4.78, 5) is 0. The molecule has 0 heterocycles. The van der Waals surface area contributed by atoms with Crippen molar-refractivity contribution in [1.29, 1.82) is 0 Å². The third kappa shape index (κ3) is 1.63. The Bertz CT molecular complexity index is 385. The lowest BCUT2D eigenvalue weighted by atomic mass is 9.96. The average molecular weight is 205 g/mol. The minimum atomic E-state index is 0.0375. The number of hydrogen-bond acceptors (Lipinski definition) is 2.